The van der Waals surface area contributed by atoms with Crippen molar-refractivity contribution in [1.29, 1.82) is 0 Å². The number of carbonyl (C=O) groups is 1. The number of hydrogen-bond acceptors (Lipinski definition) is 3. The average Bonchev–Trinajstić information content (AvgIpc) is 2.75. The Bertz CT molecular complexity index is 394. The zero-order valence-corrected chi connectivity index (χ0v) is 9.56. The van der Waals surface area contributed by atoms with Crippen molar-refractivity contribution in [3.63, 3.8) is 0 Å². The van der Waals surface area contributed by atoms with Gasteiger partial charge < -0.3 is 4.90 Å². The van der Waals surface area contributed by atoms with Crippen LogP contribution in [0, 0.1) is 6.92 Å². The van der Waals surface area contributed by atoms with Gasteiger partial charge in [-0.25, -0.2) is 8.78 Å². The van der Waals surface area contributed by atoms with Crippen molar-refractivity contribution in [3.05, 3.63) is 21.9 Å². The zero-order chi connectivity index (χ0) is 11.7. The van der Waals surface area contributed by atoms with E-state index in [4.69, 9.17) is 0 Å². The maximum atomic E-state index is 12.3. The summed E-state index contributed by atoms with van der Waals surface area (Å²) in [5.41, 5.74) is 0. The molecule has 1 aliphatic heterocycles. The Morgan fingerprint density at radius 1 is 1.62 bits per heavy atom. The van der Waals surface area contributed by atoms with Crippen LogP contribution in [-0.2, 0) is 4.79 Å². The van der Waals surface area contributed by atoms with Crippen LogP contribution >= 0.6 is 11.3 Å². The first-order valence-corrected chi connectivity index (χ1v) is 5.77. The van der Waals surface area contributed by atoms with Crippen LogP contribution in [0.15, 0.2) is 12.1 Å². The minimum absolute atomic E-state index is 0.133. The second-order valence-electron chi connectivity index (χ2n) is 3.67. The predicted molar refractivity (Wildman–Crippen MR) is 57.5 cm³/mol. The molecule has 0 aliphatic carbocycles. The average molecular weight is 246 g/mol. The summed E-state index contributed by atoms with van der Waals surface area (Å²) in [5.74, 6) is -0.267. The first-order valence-electron chi connectivity index (χ1n) is 4.95. The van der Waals surface area contributed by atoms with Gasteiger partial charge in [0.15, 0.2) is 0 Å². The molecule has 2 rings (SSSR count). The lowest BCUT2D eigenvalue weighted by Crippen LogP contribution is -2.33. The predicted octanol–water partition coefficient (Wildman–Crippen LogP) is 1.75. The molecule has 0 radical (unpaired) electrons. The number of alkyl halides is 2. The maximum Gasteiger partial charge on any atom is 0.255 e. The number of nitrogens with one attached hydrogen (secondary N) is 1. The number of thiophene rings is 1. The molecule has 1 saturated heterocycles. The van der Waals surface area contributed by atoms with Crippen LogP contribution in [0.5, 0.6) is 0 Å². The van der Waals surface area contributed by atoms with Crippen molar-refractivity contribution in [2.45, 2.75) is 19.5 Å². The number of aryl methyl sites for hydroxylation is 1. The van der Waals surface area contributed by atoms with E-state index in [0.29, 0.717) is 0 Å². The largest absolute Gasteiger partial charge is 0.315 e. The van der Waals surface area contributed by atoms with Gasteiger partial charge in [-0.05, 0) is 19.1 Å². The van der Waals surface area contributed by atoms with Crippen LogP contribution in [0.1, 0.15) is 15.9 Å². The van der Waals surface area contributed by atoms with Crippen LogP contribution < -0.4 is 5.32 Å². The molecule has 88 valence electrons. The minimum atomic E-state index is -2.49. The fourth-order valence-corrected chi connectivity index (χ4v) is 2.72. The Balaban J connectivity index is 2.17. The normalized spacial score (nSPS) is 21.1. The highest BCUT2D eigenvalue weighted by Gasteiger charge is 2.33. The van der Waals surface area contributed by atoms with E-state index in [1.807, 2.05) is 19.1 Å². The van der Waals surface area contributed by atoms with Crippen LogP contribution in [0.25, 0.3) is 0 Å². The molecule has 0 saturated carbocycles. The summed E-state index contributed by atoms with van der Waals surface area (Å²) >= 11 is 1.52. The summed E-state index contributed by atoms with van der Waals surface area (Å²) in [6, 6.07) is 3.79. The topological polar surface area (TPSA) is 32.3 Å². The van der Waals surface area contributed by atoms with Crippen LogP contribution in [0.3, 0.4) is 0 Å². The highest BCUT2D eigenvalue weighted by atomic mass is 32.1. The molecular weight excluding hydrogens is 234 g/mol. The Morgan fingerprint density at radius 2 is 2.38 bits per heavy atom. The summed E-state index contributed by atoms with van der Waals surface area (Å²) in [7, 11) is 0. The van der Waals surface area contributed by atoms with Crippen molar-refractivity contribution < 1.29 is 13.6 Å². The molecule has 1 fully saturated rings. The number of rotatable bonds is 3. The van der Waals surface area contributed by atoms with Crippen LogP contribution in [-0.4, -0.2) is 30.3 Å². The fraction of sp³-hybridized carbons (Fsp3) is 0.500. The smallest absolute Gasteiger partial charge is 0.255 e. The van der Waals surface area contributed by atoms with E-state index in [0.717, 1.165) is 9.75 Å². The molecule has 3 nitrogen and oxygen atoms in total. The lowest BCUT2D eigenvalue weighted by Gasteiger charge is -2.22. The third-order valence-corrected chi connectivity index (χ3v) is 3.50. The van der Waals surface area contributed by atoms with Gasteiger partial charge in [-0.3, -0.25) is 10.1 Å². The molecule has 1 aliphatic rings. The summed E-state index contributed by atoms with van der Waals surface area (Å²) in [6.45, 7) is 1.57. The molecule has 0 bridgehead atoms. The van der Waals surface area contributed by atoms with E-state index in [9.17, 15) is 13.6 Å². The third kappa shape index (κ3) is 2.22. The summed E-state index contributed by atoms with van der Waals surface area (Å²) in [4.78, 5) is 14.7. The van der Waals surface area contributed by atoms with E-state index in [1.165, 1.54) is 16.2 Å². The van der Waals surface area contributed by atoms with Gasteiger partial charge in [-0.15, -0.1) is 11.3 Å². The monoisotopic (exact) mass is 246 g/mol. The molecule has 1 atom stereocenters. The van der Waals surface area contributed by atoms with Crippen molar-refractivity contribution in [2.75, 3.05) is 13.1 Å². The van der Waals surface area contributed by atoms with Gasteiger partial charge >= 0.3 is 0 Å². The van der Waals surface area contributed by atoms with Crippen LogP contribution in [0.2, 0.25) is 0 Å². The summed E-state index contributed by atoms with van der Waals surface area (Å²) in [5, 5.41) is 2.94. The summed E-state index contributed by atoms with van der Waals surface area (Å²) < 4.78 is 24.7. The molecule has 1 N–H and O–H groups in total. The Kier molecular flexibility index (Phi) is 3.20. The van der Waals surface area contributed by atoms with Gasteiger partial charge in [0, 0.05) is 9.75 Å². The second kappa shape index (κ2) is 4.47. The number of hydrogen-bond donors (Lipinski definition) is 1. The molecule has 1 aromatic rings. The molecule has 1 aromatic heterocycles. The number of nitrogens with zero attached hydrogens (tertiary/aromatic N) is 1. The van der Waals surface area contributed by atoms with Gasteiger partial charge in [0.2, 0.25) is 5.91 Å². The van der Waals surface area contributed by atoms with Crippen molar-refractivity contribution in [3.8, 4) is 0 Å². The van der Waals surface area contributed by atoms with Gasteiger partial charge in [0.1, 0.15) is 6.17 Å². The Labute approximate surface area is 96.1 Å². The lowest BCUT2D eigenvalue weighted by atomic mass is 10.3. The number of carbonyl (C=O) groups excluding carboxylic acids is 1. The third-order valence-electron chi connectivity index (χ3n) is 2.44. The van der Waals surface area contributed by atoms with E-state index >= 15 is 0 Å². The van der Waals surface area contributed by atoms with Crippen molar-refractivity contribution in [2.24, 2.45) is 0 Å². The highest BCUT2D eigenvalue weighted by Crippen LogP contribution is 2.28. The molecule has 0 spiro atoms. The van der Waals surface area contributed by atoms with Crippen LogP contribution in [0.4, 0.5) is 8.78 Å². The SMILES string of the molecule is Cc1ccc(C2NCC(=O)N2CC(F)F)s1. The fourth-order valence-electron chi connectivity index (χ4n) is 1.75. The molecule has 16 heavy (non-hydrogen) atoms. The number of halogens is 2. The second-order valence-corrected chi connectivity index (χ2v) is 4.99. The Morgan fingerprint density at radius 3 is 2.94 bits per heavy atom. The Hall–Kier alpha value is -1.01. The van der Waals surface area contributed by atoms with Gasteiger partial charge in [-0.2, -0.15) is 0 Å². The van der Waals surface area contributed by atoms with Gasteiger partial charge in [0.05, 0.1) is 13.1 Å². The molecule has 2 heterocycles. The standard InChI is InChI=1S/C10H12F2N2OS/c1-6-2-3-7(16-6)10-13-4-9(15)14(10)5-8(11)12/h2-3,8,10,13H,4-5H2,1H3. The van der Waals surface area contributed by atoms with Crippen molar-refractivity contribution in [1.82, 2.24) is 10.2 Å². The first-order chi connectivity index (χ1) is 7.58. The van der Waals surface area contributed by atoms with E-state index in [2.05, 4.69) is 5.32 Å². The molecule has 6 heteroatoms. The first kappa shape index (κ1) is 11.5. The van der Waals surface area contributed by atoms with Gasteiger partial charge in [0.25, 0.3) is 6.43 Å². The molecule has 1 amide bonds. The summed E-state index contributed by atoms with van der Waals surface area (Å²) in [6.07, 6.45) is -2.88. The van der Waals surface area contributed by atoms with Gasteiger partial charge in [-0.1, -0.05) is 0 Å². The zero-order valence-electron chi connectivity index (χ0n) is 8.74. The lowest BCUT2D eigenvalue weighted by molar-refractivity contribution is -0.129. The maximum absolute atomic E-state index is 12.3. The van der Waals surface area contributed by atoms with E-state index in [-0.39, 0.29) is 18.6 Å². The quantitative estimate of drug-likeness (QED) is 0.881. The highest BCUT2D eigenvalue weighted by molar-refractivity contribution is 7.12. The molecule has 1 unspecified atom stereocenters. The minimum Gasteiger partial charge on any atom is -0.315 e. The van der Waals surface area contributed by atoms with E-state index in [1.54, 1.807) is 0 Å². The van der Waals surface area contributed by atoms with E-state index < -0.39 is 13.0 Å². The number of amides is 1. The molecular formula is C10H12F2N2OS. The molecule has 0 aromatic carbocycles. The van der Waals surface area contributed by atoms with Crippen molar-refractivity contribution >= 4 is 17.2 Å².